The van der Waals surface area contributed by atoms with E-state index in [-0.39, 0.29) is 11.9 Å². The smallest absolute Gasteiger partial charge is 0.123 e. The van der Waals surface area contributed by atoms with Gasteiger partial charge in [-0.3, -0.25) is 11.3 Å². The van der Waals surface area contributed by atoms with Crippen molar-refractivity contribution in [1.82, 2.24) is 10.4 Å². The lowest BCUT2D eigenvalue weighted by molar-refractivity contribution is 0.541. The van der Waals surface area contributed by atoms with Gasteiger partial charge in [-0.2, -0.15) is 0 Å². The van der Waals surface area contributed by atoms with E-state index < -0.39 is 0 Å². The van der Waals surface area contributed by atoms with Crippen molar-refractivity contribution >= 4 is 5.82 Å². The van der Waals surface area contributed by atoms with Gasteiger partial charge >= 0.3 is 0 Å². The number of hydrogen-bond acceptors (Lipinski definition) is 4. The standard InChI is InChI=1S/C14H17FN4/c1-9-2-3-11(15)8-12(9)13(19-17)6-10-4-5-18-14(16)7-10/h2-5,7-8,13,19H,6,17H2,1H3,(H2,16,18). The third kappa shape index (κ3) is 3.27. The van der Waals surface area contributed by atoms with E-state index in [1.807, 2.05) is 13.0 Å². The lowest BCUT2D eigenvalue weighted by Crippen LogP contribution is -2.30. The Balaban J connectivity index is 2.27. The van der Waals surface area contributed by atoms with E-state index in [0.29, 0.717) is 12.2 Å². The Bertz CT molecular complexity index is 571. The fraction of sp³-hybridized carbons (Fsp3) is 0.214. The van der Waals surface area contributed by atoms with Gasteiger partial charge in [0.15, 0.2) is 0 Å². The summed E-state index contributed by atoms with van der Waals surface area (Å²) in [7, 11) is 0. The quantitative estimate of drug-likeness (QED) is 0.579. The summed E-state index contributed by atoms with van der Waals surface area (Å²) < 4.78 is 13.3. The molecule has 0 amide bonds. The largest absolute Gasteiger partial charge is 0.384 e. The van der Waals surface area contributed by atoms with Gasteiger partial charge in [0.2, 0.25) is 0 Å². The van der Waals surface area contributed by atoms with Gasteiger partial charge in [-0.25, -0.2) is 9.37 Å². The molecule has 0 bridgehead atoms. The summed E-state index contributed by atoms with van der Waals surface area (Å²) in [5.74, 6) is 5.78. The van der Waals surface area contributed by atoms with Gasteiger partial charge in [0.05, 0.1) is 6.04 Å². The Hall–Kier alpha value is -1.98. The third-order valence-corrected chi connectivity index (χ3v) is 3.10. The molecule has 0 saturated heterocycles. The summed E-state index contributed by atoms with van der Waals surface area (Å²) in [6.45, 7) is 1.93. The summed E-state index contributed by atoms with van der Waals surface area (Å²) >= 11 is 0. The van der Waals surface area contributed by atoms with Gasteiger partial charge in [0.25, 0.3) is 0 Å². The van der Waals surface area contributed by atoms with Crippen molar-refractivity contribution in [2.75, 3.05) is 5.73 Å². The van der Waals surface area contributed by atoms with Gasteiger partial charge < -0.3 is 5.73 Å². The summed E-state index contributed by atoms with van der Waals surface area (Å²) in [5, 5.41) is 0. The number of hydrogen-bond donors (Lipinski definition) is 3. The normalized spacial score (nSPS) is 12.4. The van der Waals surface area contributed by atoms with Crippen molar-refractivity contribution < 1.29 is 4.39 Å². The van der Waals surface area contributed by atoms with E-state index in [4.69, 9.17) is 11.6 Å². The number of benzene rings is 1. The first-order chi connectivity index (χ1) is 9.10. The number of hydrazine groups is 1. The monoisotopic (exact) mass is 260 g/mol. The zero-order chi connectivity index (χ0) is 13.8. The highest BCUT2D eigenvalue weighted by Crippen LogP contribution is 2.22. The van der Waals surface area contributed by atoms with Crippen LogP contribution in [0.1, 0.15) is 22.7 Å². The van der Waals surface area contributed by atoms with Crippen molar-refractivity contribution in [3.8, 4) is 0 Å². The van der Waals surface area contributed by atoms with Crippen molar-refractivity contribution in [3.63, 3.8) is 0 Å². The lowest BCUT2D eigenvalue weighted by Gasteiger charge is -2.19. The van der Waals surface area contributed by atoms with Crippen LogP contribution in [0.15, 0.2) is 36.5 Å². The van der Waals surface area contributed by atoms with Crippen LogP contribution in [-0.4, -0.2) is 4.98 Å². The van der Waals surface area contributed by atoms with E-state index in [1.165, 1.54) is 12.1 Å². The topological polar surface area (TPSA) is 77.0 Å². The fourth-order valence-corrected chi connectivity index (χ4v) is 2.10. The molecule has 19 heavy (non-hydrogen) atoms. The number of pyridine rings is 1. The maximum atomic E-state index is 13.3. The van der Waals surface area contributed by atoms with E-state index in [2.05, 4.69) is 10.4 Å². The molecule has 2 aromatic rings. The summed E-state index contributed by atoms with van der Waals surface area (Å²) in [4.78, 5) is 3.94. The second-order valence-corrected chi connectivity index (χ2v) is 4.51. The Morgan fingerprint density at radius 1 is 1.32 bits per heavy atom. The molecule has 5 heteroatoms. The molecule has 1 aromatic carbocycles. The van der Waals surface area contributed by atoms with Crippen LogP contribution in [0.4, 0.5) is 10.2 Å². The second kappa shape index (κ2) is 5.77. The van der Waals surface area contributed by atoms with Crippen LogP contribution in [0, 0.1) is 12.7 Å². The number of halogens is 1. The fourth-order valence-electron chi connectivity index (χ4n) is 2.10. The molecular weight excluding hydrogens is 243 g/mol. The molecule has 2 rings (SSSR count). The number of nitrogens with zero attached hydrogens (tertiary/aromatic N) is 1. The molecule has 1 unspecified atom stereocenters. The Morgan fingerprint density at radius 2 is 2.11 bits per heavy atom. The molecule has 0 aliphatic heterocycles. The second-order valence-electron chi connectivity index (χ2n) is 4.51. The van der Waals surface area contributed by atoms with E-state index >= 15 is 0 Å². The highest BCUT2D eigenvalue weighted by atomic mass is 19.1. The Kier molecular flexibility index (Phi) is 4.09. The van der Waals surface area contributed by atoms with Crippen molar-refractivity contribution in [2.24, 2.45) is 5.84 Å². The zero-order valence-electron chi connectivity index (χ0n) is 10.7. The number of aromatic nitrogens is 1. The summed E-state index contributed by atoms with van der Waals surface area (Å²) in [6, 6.07) is 8.18. The average Bonchev–Trinajstić information content (AvgIpc) is 2.39. The van der Waals surface area contributed by atoms with Crippen molar-refractivity contribution in [3.05, 3.63) is 59.0 Å². The van der Waals surface area contributed by atoms with E-state index in [0.717, 1.165) is 16.7 Å². The van der Waals surface area contributed by atoms with Crippen LogP contribution >= 0.6 is 0 Å². The molecule has 0 aliphatic rings. The Labute approximate surface area is 111 Å². The van der Waals surface area contributed by atoms with Crippen LogP contribution in [0.25, 0.3) is 0 Å². The van der Waals surface area contributed by atoms with Crippen molar-refractivity contribution in [1.29, 1.82) is 0 Å². The molecule has 0 fully saturated rings. The Morgan fingerprint density at radius 3 is 2.79 bits per heavy atom. The first-order valence-electron chi connectivity index (χ1n) is 6.02. The number of nitrogens with one attached hydrogen (secondary N) is 1. The van der Waals surface area contributed by atoms with Crippen LogP contribution < -0.4 is 17.0 Å². The summed E-state index contributed by atoms with van der Waals surface area (Å²) in [6.07, 6.45) is 2.27. The van der Waals surface area contributed by atoms with E-state index in [1.54, 1.807) is 18.3 Å². The zero-order valence-corrected chi connectivity index (χ0v) is 10.7. The number of rotatable bonds is 4. The lowest BCUT2D eigenvalue weighted by atomic mass is 9.96. The van der Waals surface area contributed by atoms with Gasteiger partial charge in [0, 0.05) is 6.20 Å². The van der Waals surface area contributed by atoms with Crippen LogP contribution in [0.5, 0.6) is 0 Å². The van der Waals surface area contributed by atoms with Crippen molar-refractivity contribution in [2.45, 2.75) is 19.4 Å². The molecule has 0 aliphatic carbocycles. The predicted octanol–water partition coefficient (Wildman–Crippen LogP) is 1.86. The molecule has 0 saturated carbocycles. The van der Waals surface area contributed by atoms with Crippen LogP contribution in [0.2, 0.25) is 0 Å². The third-order valence-electron chi connectivity index (χ3n) is 3.10. The minimum Gasteiger partial charge on any atom is -0.384 e. The summed E-state index contributed by atoms with van der Waals surface area (Å²) in [5.41, 5.74) is 11.2. The SMILES string of the molecule is Cc1ccc(F)cc1C(Cc1ccnc(N)c1)NN. The van der Waals surface area contributed by atoms with Crippen LogP contribution in [-0.2, 0) is 6.42 Å². The average molecular weight is 260 g/mol. The number of aryl methyl sites for hydroxylation is 1. The molecular formula is C14H17FN4. The highest BCUT2D eigenvalue weighted by molar-refractivity contribution is 5.35. The number of nitrogens with two attached hydrogens (primary N) is 2. The molecule has 1 heterocycles. The van der Waals surface area contributed by atoms with Crippen LogP contribution in [0.3, 0.4) is 0 Å². The predicted molar refractivity (Wildman–Crippen MR) is 73.6 cm³/mol. The number of nitrogen functional groups attached to an aromatic ring is 1. The van der Waals surface area contributed by atoms with Gasteiger partial charge in [-0.15, -0.1) is 0 Å². The maximum absolute atomic E-state index is 13.3. The minimum absolute atomic E-state index is 0.169. The molecule has 1 aromatic heterocycles. The van der Waals surface area contributed by atoms with Gasteiger partial charge in [-0.1, -0.05) is 6.07 Å². The molecule has 4 nitrogen and oxygen atoms in total. The minimum atomic E-state index is -0.268. The first-order valence-corrected chi connectivity index (χ1v) is 6.02. The van der Waals surface area contributed by atoms with E-state index in [9.17, 15) is 4.39 Å². The maximum Gasteiger partial charge on any atom is 0.123 e. The molecule has 5 N–H and O–H groups in total. The first kappa shape index (κ1) is 13.5. The molecule has 0 radical (unpaired) electrons. The van der Waals surface area contributed by atoms with Gasteiger partial charge in [-0.05, 0) is 54.3 Å². The molecule has 100 valence electrons. The van der Waals surface area contributed by atoms with Gasteiger partial charge in [0.1, 0.15) is 11.6 Å². The molecule has 0 spiro atoms. The molecule has 1 atom stereocenters. The highest BCUT2D eigenvalue weighted by Gasteiger charge is 2.14. The number of anilines is 1.